The van der Waals surface area contributed by atoms with E-state index in [2.05, 4.69) is 26.8 Å². The van der Waals surface area contributed by atoms with Gasteiger partial charge < -0.3 is 0 Å². The van der Waals surface area contributed by atoms with Crippen LogP contribution in [0, 0.1) is 23.2 Å². The number of hydrogen-bond donors (Lipinski definition) is 0. The van der Waals surface area contributed by atoms with Gasteiger partial charge in [0.25, 0.3) is 0 Å². The van der Waals surface area contributed by atoms with E-state index in [1.165, 1.54) is 12.0 Å². The molecule has 2 rings (SSSR count). The van der Waals surface area contributed by atoms with Crippen LogP contribution in [-0.2, 0) is 4.79 Å². The smallest absolute Gasteiger partial charge is 0.162 e. The summed E-state index contributed by atoms with van der Waals surface area (Å²) in [5.74, 6) is 1.79. The molecule has 0 radical (unpaired) electrons. The molecule has 0 N–H and O–H groups in total. The standard InChI is InChI=1S/C14H20O/c1-5-6-11(15)12-9(2)7-8-10-13(12)14(10,3)4/h5-7,10,12-13H,8H2,1-4H3/b6-5+. The predicted octanol–water partition coefficient (Wildman–Crippen LogP) is 3.37. The molecule has 0 aliphatic heterocycles. The number of rotatable bonds is 2. The Kier molecular flexibility index (Phi) is 2.37. The molecule has 0 aromatic heterocycles. The van der Waals surface area contributed by atoms with Crippen molar-refractivity contribution in [1.82, 2.24) is 0 Å². The molecule has 2 aliphatic rings. The summed E-state index contributed by atoms with van der Waals surface area (Å²) in [7, 11) is 0. The molecular formula is C14H20O. The van der Waals surface area contributed by atoms with E-state index in [0.29, 0.717) is 17.1 Å². The van der Waals surface area contributed by atoms with Crippen LogP contribution in [0.3, 0.4) is 0 Å². The molecule has 1 saturated carbocycles. The first-order valence-corrected chi connectivity index (χ1v) is 5.83. The van der Waals surface area contributed by atoms with E-state index in [-0.39, 0.29) is 5.92 Å². The molecule has 0 aromatic rings. The average molecular weight is 204 g/mol. The van der Waals surface area contributed by atoms with Crippen molar-refractivity contribution in [3.05, 3.63) is 23.8 Å². The van der Waals surface area contributed by atoms with Crippen molar-refractivity contribution >= 4 is 5.78 Å². The molecule has 0 amide bonds. The highest BCUT2D eigenvalue weighted by molar-refractivity contribution is 5.94. The first kappa shape index (κ1) is 10.7. The molecule has 15 heavy (non-hydrogen) atoms. The zero-order valence-electron chi connectivity index (χ0n) is 10.1. The third-order valence-corrected chi connectivity index (χ3v) is 4.32. The van der Waals surface area contributed by atoms with E-state index in [0.717, 1.165) is 5.92 Å². The van der Waals surface area contributed by atoms with Gasteiger partial charge in [-0.2, -0.15) is 0 Å². The summed E-state index contributed by atoms with van der Waals surface area (Å²) in [5, 5.41) is 0. The minimum atomic E-state index is 0.162. The van der Waals surface area contributed by atoms with Crippen LogP contribution in [0.4, 0.5) is 0 Å². The monoisotopic (exact) mass is 204 g/mol. The van der Waals surface area contributed by atoms with Crippen molar-refractivity contribution in [3.63, 3.8) is 0 Å². The fourth-order valence-electron chi connectivity index (χ4n) is 3.29. The lowest BCUT2D eigenvalue weighted by atomic mass is 9.84. The minimum absolute atomic E-state index is 0.162. The highest BCUT2D eigenvalue weighted by atomic mass is 16.1. The molecule has 0 bridgehead atoms. The summed E-state index contributed by atoms with van der Waals surface area (Å²) in [6, 6.07) is 0. The van der Waals surface area contributed by atoms with Crippen LogP contribution in [0.5, 0.6) is 0 Å². The molecule has 0 aromatic carbocycles. The Labute approximate surface area is 92.3 Å². The molecule has 0 heterocycles. The first-order valence-electron chi connectivity index (χ1n) is 5.83. The van der Waals surface area contributed by atoms with Crippen LogP contribution in [0.1, 0.15) is 34.1 Å². The van der Waals surface area contributed by atoms with E-state index in [9.17, 15) is 4.79 Å². The maximum Gasteiger partial charge on any atom is 0.162 e. The topological polar surface area (TPSA) is 17.1 Å². The number of ketones is 1. The van der Waals surface area contributed by atoms with Crippen LogP contribution >= 0.6 is 0 Å². The van der Waals surface area contributed by atoms with Gasteiger partial charge in [0.15, 0.2) is 5.78 Å². The Bertz CT molecular complexity index is 346. The third kappa shape index (κ3) is 1.49. The van der Waals surface area contributed by atoms with Crippen molar-refractivity contribution < 1.29 is 4.79 Å². The fourth-order valence-corrected chi connectivity index (χ4v) is 3.29. The summed E-state index contributed by atoms with van der Waals surface area (Å²) in [6.07, 6.45) is 7.03. The zero-order valence-corrected chi connectivity index (χ0v) is 10.1. The van der Waals surface area contributed by atoms with E-state index in [4.69, 9.17) is 0 Å². The van der Waals surface area contributed by atoms with E-state index < -0.39 is 0 Å². The molecule has 1 fully saturated rings. The fraction of sp³-hybridized carbons (Fsp3) is 0.643. The second-order valence-electron chi connectivity index (χ2n) is 5.52. The minimum Gasteiger partial charge on any atom is -0.294 e. The number of fused-ring (bicyclic) bond motifs is 1. The van der Waals surface area contributed by atoms with E-state index in [1.807, 2.05) is 13.0 Å². The van der Waals surface area contributed by atoms with Gasteiger partial charge in [0.2, 0.25) is 0 Å². The van der Waals surface area contributed by atoms with Crippen LogP contribution in [-0.4, -0.2) is 5.78 Å². The maximum absolute atomic E-state index is 12.0. The highest BCUT2D eigenvalue weighted by Gasteiger charge is 2.62. The van der Waals surface area contributed by atoms with Gasteiger partial charge in [-0.05, 0) is 43.6 Å². The number of allylic oxidation sites excluding steroid dienone is 4. The summed E-state index contributed by atoms with van der Waals surface area (Å²) in [6.45, 7) is 8.61. The van der Waals surface area contributed by atoms with Gasteiger partial charge in [-0.3, -0.25) is 4.79 Å². The molecule has 2 aliphatic carbocycles. The number of hydrogen-bond acceptors (Lipinski definition) is 1. The van der Waals surface area contributed by atoms with Crippen molar-refractivity contribution in [2.24, 2.45) is 23.2 Å². The lowest BCUT2D eigenvalue weighted by molar-refractivity contribution is -0.118. The molecule has 1 nitrogen and oxygen atoms in total. The number of carbonyl (C=O) groups is 1. The van der Waals surface area contributed by atoms with Gasteiger partial charge in [-0.1, -0.05) is 31.6 Å². The maximum atomic E-state index is 12.0. The lowest BCUT2D eigenvalue weighted by Gasteiger charge is -2.19. The van der Waals surface area contributed by atoms with Crippen molar-refractivity contribution in [2.75, 3.05) is 0 Å². The normalized spacial score (nSPS) is 37.3. The van der Waals surface area contributed by atoms with Crippen molar-refractivity contribution in [1.29, 1.82) is 0 Å². The van der Waals surface area contributed by atoms with Crippen LogP contribution in [0.25, 0.3) is 0 Å². The quantitative estimate of drug-likeness (QED) is 0.498. The van der Waals surface area contributed by atoms with E-state index >= 15 is 0 Å². The summed E-state index contributed by atoms with van der Waals surface area (Å²) >= 11 is 0. The average Bonchev–Trinajstić information content (AvgIpc) is 2.69. The molecule has 0 saturated heterocycles. The second kappa shape index (κ2) is 3.33. The van der Waals surface area contributed by atoms with Gasteiger partial charge in [0, 0.05) is 5.92 Å². The largest absolute Gasteiger partial charge is 0.294 e. The van der Waals surface area contributed by atoms with Crippen LogP contribution < -0.4 is 0 Å². The molecule has 3 atom stereocenters. The van der Waals surface area contributed by atoms with Crippen molar-refractivity contribution in [2.45, 2.75) is 34.1 Å². The molecule has 1 heteroatoms. The molecule has 0 spiro atoms. The Hall–Kier alpha value is -0.850. The SMILES string of the molecule is C/C=C/C(=O)C1C(C)=CCC2C1C2(C)C. The summed E-state index contributed by atoms with van der Waals surface area (Å²) in [5.41, 5.74) is 1.65. The van der Waals surface area contributed by atoms with Gasteiger partial charge >= 0.3 is 0 Å². The second-order valence-corrected chi connectivity index (χ2v) is 5.52. The molecule has 82 valence electrons. The van der Waals surface area contributed by atoms with Crippen LogP contribution in [0.2, 0.25) is 0 Å². The van der Waals surface area contributed by atoms with Gasteiger partial charge in [-0.25, -0.2) is 0 Å². The van der Waals surface area contributed by atoms with Crippen LogP contribution in [0.15, 0.2) is 23.8 Å². The van der Waals surface area contributed by atoms with Crippen molar-refractivity contribution in [3.8, 4) is 0 Å². The summed E-state index contributed by atoms with van der Waals surface area (Å²) in [4.78, 5) is 12.0. The van der Waals surface area contributed by atoms with Gasteiger partial charge in [0.1, 0.15) is 0 Å². The predicted molar refractivity (Wildman–Crippen MR) is 62.4 cm³/mol. The summed E-state index contributed by atoms with van der Waals surface area (Å²) < 4.78 is 0. The lowest BCUT2D eigenvalue weighted by Crippen LogP contribution is -2.20. The Morgan fingerprint density at radius 2 is 2.20 bits per heavy atom. The van der Waals surface area contributed by atoms with Gasteiger partial charge in [-0.15, -0.1) is 0 Å². The Morgan fingerprint density at radius 1 is 1.53 bits per heavy atom. The number of carbonyl (C=O) groups excluding carboxylic acids is 1. The van der Waals surface area contributed by atoms with E-state index in [1.54, 1.807) is 6.08 Å². The Balaban J connectivity index is 2.25. The Morgan fingerprint density at radius 3 is 2.80 bits per heavy atom. The zero-order chi connectivity index (χ0) is 11.2. The molecule has 3 unspecified atom stereocenters. The first-order chi connectivity index (χ1) is 7.00. The van der Waals surface area contributed by atoms with Gasteiger partial charge in [0.05, 0.1) is 0 Å². The molecular weight excluding hydrogens is 184 g/mol. The third-order valence-electron chi connectivity index (χ3n) is 4.32. The highest BCUT2D eigenvalue weighted by Crippen LogP contribution is 2.66.